The van der Waals surface area contributed by atoms with Gasteiger partial charge in [-0.05, 0) is 56.2 Å². The van der Waals surface area contributed by atoms with Crippen molar-refractivity contribution in [1.29, 1.82) is 0 Å². The highest BCUT2D eigenvalue weighted by atomic mass is 32.2. The molecule has 1 aliphatic rings. The molecule has 0 saturated carbocycles. The molecule has 2 aromatic carbocycles. The standard InChI is InChI=1S/C20H18FN3O2S/c1-12-11-15-5-3-4-6-17(15)24(12)19(25)13(2)27-20-23-22-18(26-20)14-7-9-16(21)10-8-14/h3-10,12-13H,11H2,1-2H3/t12-,13-/m0/s1. The minimum absolute atomic E-state index is 0.0129. The lowest BCUT2D eigenvalue weighted by molar-refractivity contribution is -0.118. The van der Waals surface area contributed by atoms with E-state index >= 15 is 0 Å². The molecule has 0 saturated heterocycles. The molecule has 0 radical (unpaired) electrons. The van der Waals surface area contributed by atoms with E-state index in [1.807, 2.05) is 30.0 Å². The van der Waals surface area contributed by atoms with Crippen molar-refractivity contribution in [1.82, 2.24) is 10.2 Å². The minimum atomic E-state index is -0.375. The monoisotopic (exact) mass is 383 g/mol. The van der Waals surface area contributed by atoms with Crippen LogP contribution in [0.5, 0.6) is 0 Å². The Morgan fingerprint density at radius 3 is 2.74 bits per heavy atom. The van der Waals surface area contributed by atoms with Crippen LogP contribution in [0.25, 0.3) is 11.5 Å². The van der Waals surface area contributed by atoms with Crippen LogP contribution in [-0.4, -0.2) is 27.4 Å². The zero-order chi connectivity index (χ0) is 19.0. The molecule has 2 atom stereocenters. The van der Waals surface area contributed by atoms with Crippen molar-refractivity contribution < 1.29 is 13.6 Å². The highest BCUT2D eigenvalue weighted by molar-refractivity contribution is 8.00. The molecule has 4 rings (SSSR count). The van der Waals surface area contributed by atoms with E-state index < -0.39 is 0 Å². The number of anilines is 1. The molecule has 0 N–H and O–H groups in total. The Morgan fingerprint density at radius 1 is 1.22 bits per heavy atom. The number of carbonyl (C=O) groups is 1. The number of hydrogen-bond acceptors (Lipinski definition) is 5. The first kappa shape index (κ1) is 17.7. The summed E-state index contributed by atoms with van der Waals surface area (Å²) >= 11 is 1.23. The largest absolute Gasteiger partial charge is 0.411 e. The van der Waals surface area contributed by atoms with Crippen LogP contribution in [0.3, 0.4) is 0 Å². The van der Waals surface area contributed by atoms with E-state index in [1.54, 1.807) is 12.1 Å². The van der Waals surface area contributed by atoms with Gasteiger partial charge in [0.05, 0.1) is 5.25 Å². The van der Waals surface area contributed by atoms with E-state index in [-0.39, 0.29) is 23.0 Å². The minimum Gasteiger partial charge on any atom is -0.411 e. The lowest BCUT2D eigenvalue weighted by Gasteiger charge is -2.25. The molecule has 1 amide bonds. The average Bonchev–Trinajstić information content (AvgIpc) is 3.25. The zero-order valence-electron chi connectivity index (χ0n) is 14.9. The van der Waals surface area contributed by atoms with Crippen molar-refractivity contribution in [2.45, 2.75) is 36.8 Å². The molecular weight excluding hydrogens is 365 g/mol. The number of amides is 1. The number of fused-ring (bicyclic) bond motifs is 1. The van der Waals surface area contributed by atoms with Gasteiger partial charge in [-0.2, -0.15) is 0 Å². The van der Waals surface area contributed by atoms with Gasteiger partial charge in [-0.3, -0.25) is 4.79 Å². The van der Waals surface area contributed by atoms with Gasteiger partial charge in [0, 0.05) is 17.3 Å². The second kappa shape index (κ2) is 7.15. The molecule has 5 nitrogen and oxygen atoms in total. The van der Waals surface area contributed by atoms with E-state index in [0.717, 1.165) is 12.1 Å². The highest BCUT2D eigenvalue weighted by Crippen LogP contribution is 2.35. The van der Waals surface area contributed by atoms with Crippen LogP contribution >= 0.6 is 11.8 Å². The maximum atomic E-state index is 13.0. The van der Waals surface area contributed by atoms with E-state index in [1.165, 1.54) is 29.5 Å². The smallest absolute Gasteiger partial charge is 0.277 e. The lowest BCUT2D eigenvalue weighted by atomic mass is 10.1. The Kier molecular flexibility index (Phi) is 4.70. The number of halogens is 1. The van der Waals surface area contributed by atoms with Crippen LogP contribution < -0.4 is 4.90 Å². The number of carbonyl (C=O) groups excluding carboxylic acids is 1. The molecule has 0 unspecified atom stereocenters. The fraction of sp³-hybridized carbons (Fsp3) is 0.250. The molecule has 27 heavy (non-hydrogen) atoms. The predicted octanol–water partition coefficient (Wildman–Crippen LogP) is 4.33. The van der Waals surface area contributed by atoms with Crippen LogP contribution in [-0.2, 0) is 11.2 Å². The summed E-state index contributed by atoms with van der Waals surface area (Å²) in [5.74, 6) is -0.0110. The molecule has 0 aliphatic carbocycles. The van der Waals surface area contributed by atoms with Gasteiger partial charge < -0.3 is 9.32 Å². The van der Waals surface area contributed by atoms with Gasteiger partial charge in [-0.1, -0.05) is 30.0 Å². The van der Waals surface area contributed by atoms with Crippen LogP contribution in [0.2, 0.25) is 0 Å². The first-order valence-electron chi connectivity index (χ1n) is 8.70. The van der Waals surface area contributed by atoms with Gasteiger partial charge >= 0.3 is 0 Å². The van der Waals surface area contributed by atoms with Crippen molar-refractivity contribution in [2.24, 2.45) is 0 Å². The number of hydrogen-bond donors (Lipinski definition) is 0. The molecule has 138 valence electrons. The fourth-order valence-corrected chi connectivity index (χ4v) is 4.00. The van der Waals surface area contributed by atoms with Gasteiger partial charge in [0.15, 0.2) is 0 Å². The van der Waals surface area contributed by atoms with E-state index in [4.69, 9.17) is 4.42 Å². The van der Waals surface area contributed by atoms with Gasteiger partial charge in [-0.25, -0.2) is 4.39 Å². The number of nitrogens with zero attached hydrogens (tertiary/aromatic N) is 3. The summed E-state index contributed by atoms with van der Waals surface area (Å²) in [6.07, 6.45) is 0.856. The second-order valence-corrected chi connectivity index (χ2v) is 7.82. The summed E-state index contributed by atoms with van der Waals surface area (Å²) in [5, 5.41) is 7.94. The first-order valence-corrected chi connectivity index (χ1v) is 9.58. The Labute approximate surface area is 160 Å². The number of para-hydroxylation sites is 1. The molecule has 3 aromatic rings. The van der Waals surface area contributed by atoms with Crippen molar-refractivity contribution in [3.63, 3.8) is 0 Å². The molecule has 0 bridgehead atoms. The normalized spacial score (nSPS) is 17.0. The summed E-state index contributed by atoms with van der Waals surface area (Å²) in [6, 6.07) is 13.9. The molecule has 0 spiro atoms. The van der Waals surface area contributed by atoms with Crippen LogP contribution in [0.4, 0.5) is 10.1 Å². The van der Waals surface area contributed by atoms with Crippen molar-refractivity contribution >= 4 is 23.4 Å². The Morgan fingerprint density at radius 2 is 1.96 bits per heavy atom. The van der Waals surface area contributed by atoms with Crippen LogP contribution in [0, 0.1) is 5.82 Å². The van der Waals surface area contributed by atoms with Crippen LogP contribution in [0.15, 0.2) is 58.2 Å². The topological polar surface area (TPSA) is 59.2 Å². The molecule has 0 fully saturated rings. The number of thioether (sulfide) groups is 1. The molecular formula is C20H18FN3O2S. The van der Waals surface area contributed by atoms with Crippen LogP contribution in [0.1, 0.15) is 19.4 Å². The number of benzene rings is 2. The summed E-state index contributed by atoms with van der Waals surface area (Å²) in [7, 11) is 0. The first-order chi connectivity index (χ1) is 13.0. The Balaban J connectivity index is 1.49. The quantitative estimate of drug-likeness (QED) is 0.628. The molecule has 1 aliphatic heterocycles. The summed E-state index contributed by atoms with van der Waals surface area (Å²) in [5.41, 5.74) is 2.80. The Hall–Kier alpha value is -2.67. The van der Waals surface area contributed by atoms with Gasteiger partial charge in [0.25, 0.3) is 5.22 Å². The third-order valence-electron chi connectivity index (χ3n) is 4.57. The number of rotatable bonds is 4. The lowest BCUT2D eigenvalue weighted by Crippen LogP contribution is -2.40. The Bertz CT molecular complexity index is 973. The van der Waals surface area contributed by atoms with Gasteiger partial charge in [-0.15, -0.1) is 10.2 Å². The molecule has 2 heterocycles. The van der Waals surface area contributed by atoms with Gasteiger partial charge in [0.1, 0.15) is 5.82 Å². The van der Waals surface area contributed by atoms with E-state index in [2.05, 4.69) is 23.2 Å². The van der Waals surface area contributed by atoms with E-state index in [9.17, 15) is 9.18 Å². The van der Waals surface area contributed by atoms with Crippen molar-refractivity contribution in [3.8, 4) is 11.5 Å². The summed E-state index contributed by atoms with van der Waals surface area (Å²) in [4.78, 5) is 14.9. The predicted molar refractivity (Wildman–Crippen MR) is 102 cm³/mol. The van der Waals surface area contributed by atoms with Crippen molar-refractivity contribution in [2.75, 3.05) is 4.90 Å². The molecule has 1 aromatic heterocycles. The zero-order valence-corrected chi connectivity index (χ0v) is 15.7. The number of aromatic nitrogens is 2. The maximum Gasteiger partial charge on any atom is 0.277 e. The third-order valence-corrected chi connectivity index (χ3v) is 5.49. The van der Waals surface area contributed by atoms with E-state index in [0.29, 0.717) is 16.7 Å². The second-order valence-electron chi connectivity index (χ2n) is 6.53. The SMILES string of the molecule is C[C@H](Sc1nnc(-c2ccc(F)cc2)o1)C(=O)N1c2ccccc2C[C@@H]1C. The summed E-state index contributed by atoms with van der Waals surface area (Å²) in [6.45, 7) is 3.89. The fourth-order valence-electron chi connectivity index (χ4n) is 3.27. The maximum absolute atomic E-state index is 13.0. The summed E-state index contributed by atoms with van der Waals surface area (Å²) < 4.78 is 18.7. The van der Waals surface area contributed by atoms with Crippen molar-refractivity contribution in [3.05, 3.63) is 59.9 Å². The molecule has 7 heteroatoms. The van der Waals surface area contributed by atoms with Gasteiger partial charge in [0.2, 0.25) is 11.8 Å². The average molecular weight is 383 g/mol. The highest BCUT2D eigenvalue weighted by Gasteiger charge is 2.34. The third kappa shape index (κ3) is 3.47.